The molecule has 0 atom stereocenters. The monoisotopic (exact) mass is 291 g/mol. The Morgan fingerprint density at radius 1 is 1.05 bits per heavy atom. The van der Waals surface area contributed by atoms with Crippen LogP contribution in [0, 0.1) is 6.92 Å². The molecule has 0 heterocycles. The Hall–Kier alpha value is -1.87. The third kappa shape index (κ3) is 3.81. The predicted octanol–water partition coefficient (Wildman–Crippen LogP) is 4.81. The van der Waals surface area contributed by atoms with Crippen molar-refractivity contribution in [1.82, 2.24) is 0 Å². The van der Waals surface area contributed by atoms with Crippen LogP contribution in [0.3, 0.4) is 0 Å². The third-order valence-electron chi connectivity index (χ3n) is 2.64. The number of aryl methyl sites for hydroxylation is 1. The first-order valence-corrected chi connectivity index (χ1v) is 6.83. The lowest BCUT2D eigenvalue weighted by molar-refractivity contribution is 0.242. The molecule has 2 aromatic rings. The summed E-state index contributed by atoms with van der Waals surface area (Å²) in [4.78, 5) is 0. The van der Waals surface area contributed by atoms with Gasteiger partial charge >= 0.3 is 0 Å². The van der Waals surface area contributed by atoms with Crippen LogP contribution in [-0.4, -0.2) is 6.10 Å². The molecule has 0 aliphatic heterocycles. The molecule has 0 bridgehead atoms. The highest BCUT2D eigenvalue weighted by Crippen LogP contribution is 2.31. The van der Waals surface area contributed by atoms with Crippen LogP contribution in [0.1, 0.15) is 19.4 Å². The number of benzene rings is 2. The lowest BCUT2D eigenvalue weighted by atomic mass is 10.2. The summed E-state index contributed by atoms with van der Waals surface area (Å²) in [5, 5.41) is 0.686. The van der Waals surface area contributed by atoms with Gasteiger partial charge in [-0.05, 0) is 44.5 Å². The maximum atomic E-state index is 5.93. The number of nitrogen functional groups attached to an aromatic ring is 1. The van der Waals surface area contributed by atoms with E-state index in [1.807, 2.05) is 39.0 Å². The Labute approximate surface area is 124 Å². The minimum atomic E-state index is 0.0851. The maximum absolute atomic E-state index is 5.93. The van der Waals surface area contributed by atoms with Crippen LogP contribution in [0.5, 0.6) is 17.2 Å². The van der Waals surface area contributed by atoms with Crippen LogP contribution < -0.4 is 15.2 Å². The Kier molecular flexibility index (Phi) is 4.40. The second-order valence-electron chi connectivity index (χ2n) is 4.92. The number of hydrogen-bond donors (Lipinski definition) is 1. The van der Waals surface area contributed by atoms with E-state index in [0.717, 1.165) is 11.3 Å². The van der Waals surface area contributed by atoms with Crippen molar-refractivity contribution in [1.29, 1.82) is 0 Å². The first-order valence-electron chi connectivity index (χ1n) is 6.45. The third-order valence-corrected chi connectivity index (χ3v) is 2.87. The molecule has 0 aliphatic rings. The quantitative estimate of drug-likeness (QED) is 0.822. The Morgan fingerprint density at radius 2 is 1.75 bits per heavy atom. The predicted molar refractivity (Wildman–Crippen MR) is 82.9 cm³/mol. The molecule has 0 spiro atoms. The summed E-state index contributed by atoms with van der Waals surface area (Å²) in [6.45, 7) is 5.87. The van der Waals surface area contributed by atoms with Crippen LogP contribution in [0.4, 0.5) is 5.69 Å². The molecule has 0 saturated carbocycles. The minimum absolute atomic E-state index is 0.0851. The Bertz CT molecular complexity index is 611. The van der Waals surface area contributed by atoms with Gasteiger partial charge in [0.15, 0.2) is 0 Å². The summed E-state index contributed by atoms with van der Waals surface area (Å²) in [6, 6.07) is 10.9. The highest BCUT2D eigenvalue weighted by molar-refractivity contribution is 6.30. The van der Waals surface area contributed by atoms with Crippen molar-refractivity contribution in [3.63, 3.8) is 0 Å². The highest BCUT2D eigenvalue weighted by Gasteiger charge is 2.06. The van der Waals surface area contributed by atoms with Gasteiger partial charge < -0.3 is 15.2 Å². The molecule has 0 unspecified atom stereocenters. The van der Waals surface area contributed by atoms with E-state index in [9.17, 15) is 0 Å². The fraction of sp³-hybridized carbons (Fsp3) is 0.250. The molecule has 0 amide bonds. The number of anilines is 1. The topological polar surface area (TPSA) is 44.5 Å². The SMILES string of the molecule is Cc1cc(Cl)ccc1Oc1cc(N)cc(OC(C)C)c1. The minimum Gasteiger partial charge on any atom is -0.491 e. The first kappa shape index (κ1) is 14.5. The molecule has 2 aromatic carbocycles. The van der Waals surface area contributed by atoms with Gasteiger partial charge in [0.25, 0.3) is 0 Å². The van der Waals surface area contributed by atoms with E-state index < -0.39 is 0 Å². The van der Waals surface area contributed by atoms with Crippen molar-refractivity contribution >= 4 is 17.3 Å². The first-order chi connectivity index (χ1) is 9.44. The van der Waals surface area contributed by atoms with Gasteiger partial charge in [0.2, 0.25) is 0 Å². The van der Waals surface area contributed by atoms with E-state index in [-0.39, 0.29) is 6.10 Å². The summed E-state index contributed by atoms with van der Waals surface area (Å²) < 4.78 is 11.5. The van der Waals surface area contributed by atoms with Crippen LogP contribution >= 0.6 is 11.6 Å². The molecule has 0 saturated heterocycles. The van der Waals surface area contributed by atoms with E-state index >= 15 is 0 Å². The Morgan fingerprint density at radius 3 is 2.40 bits per heavy atom. The van der Waals surface area contributed by atoms with Gasteiger partial charge in [0.1, 0.15) is 17.2 Å². The molecule has 0 radical (unpaired) electrons. The average Bonchev–Trinajstić information content (AvgIpc) is 2.31. The van der Waals surface area contributed by atoms with Crippen molar-refractivity contribution in [3.05, 3.63) is 47.0 Å². The molecular weight excluding hydrogens is 274 g/mol. The zero-order chi connectivity index (χ0) is 14.7. The van der Waals surface area contributed by atoms with Gasteiger partial charge in [0.05, 0.1) is 6.10 Å². The maximum Gasteiger partial charge on any atom is 0.133 e. The number of ether oxygens (including phenoxy) is 2. The van der Waals surface area contributed by atoms with Gasteiger partial charge in [-0.1, -0.05) is 11.6 Å². The van der Waals surface area contributed by atoms with Gasteiger partial charge in [-0.3, -0.25) is 0 Å². The van der Waals surface area contributed by atoms with Crippen LogP contribution in [0.25, 0.3) is 0 Å². The molecule has 106 valence electrons. The van der Waals surface area contributed by atoms with E-state index in [1.54, 1.807) is 18.2 Å². The van der Waals surface area contributed by atoms with Crippen molar-refractivity contribution in [2.75, 3.05) is 5.73 Å². The summed E-state index contributed by atoms with van der Waals surface area (Å²) in [6.07, 6.45) is 0.0851. The summed E-state index contributed by atoms with van der Waals surface area (Å²) >= 11 is 5.93. The van der Waals surface area contributed by atoms with Crippen molar-refractivity contribution < 1.29 is 9.47 Å². The molecule has 0 aromatic heterocycles. The smallest absolute Gasteiger partial charge is 0.133 e. The normalized spacial score (nSPS) is 10.7. The van der Waals surface area contributed by atoms with Gasteiger partial charge in [-0.25, -0.2) is 0 Å². The molecule has 2 rings (SSSR count). The molecular formula is C16H18ClNO2. The van der Waals surface area contributed by atoms with E-state index in [1.165, 1.54) is 0 Å². The molecule has 3 nitrogen and oxygen atoms in total. The lowest BCUT2D eigenvalue weighted by Gasteiger charge is -2.14. The zero-order valence-electron chi connectivity index (χ0n) is 11.8. The van der Waals surface area contributed by atoms with Crippen LogP contribution in [-0.2, 0) is 0 Å². The van der Waals surface area contributed by atoms with E-state index in [0.29, 0.717) is 22.2 Å². The van der Waals surface area contributed by atoms with Gasteiger partial charge in [-0.2, -0.15) is 0 Å². The number of rotatable bonds is 4. The number of nitrogens with two attached hydrogens (primary N) is 1. The van der Waals surface area contributed by atoms with Crippen molar-refractivity contribution in [2.24, 2.45) is 0 Å². The number of halogens is 1. The summed E-state index contributed by atoms with van der Waals surface area (Å²) in [7, 11) is 0. The average molecular weight is 292 g/mol. The molecule has 0 fully saturated rings. The fourth-order valence-electron chi connectivity index (χ4n) is 1.85. The second-order valence-corrected chi connectivity index (χ2v) is 5.35. The number of hydrogen-bond acceptors (Lipinski definition) is 3. The van der Waals surface area contributed by atoms with Crippen LogP contribution in [0.2, 0.25) is 5.02 Å². The van der Waals surface area contributed by atoms with E-state index in [2.05, 4.69) is 0 Å². The molecule has 4 heteroatoms. The van der Waals surface area contributed by atoms with Crippen molar-refractivity contribution in [2.45, 2.75) is 26.9 Å². The van der Waals surface area contributed by atoms with Gasteiger partial charge in [0, 0.05) is 28.9 Å². The standard InChI is InChI=1S/C16H18ClNO2/c1-10(2)19-14-7-13(18)8-15(9-14)20-16-5-4-12(17)6-11(16)3/h4-10H,18H2,1-3H3. The molecule has 20 heavy (non-hydrogen) atoms. The highest BCUT2D eigenvalue weighted by atomic mass is 35.5. The lowest BCUT2D eigenvalue weighted by Crippen LogP contribution is -2.06. The van der Waals surface area contributed by atoms with Crippen molar-refractivity contribution in [3.8, 4) is 17.2 Å². The largest absolute Gasteiger partial charge is 0.491 e. The Balaban J connectivity index is 2.26. The molecule has 0 aliphatic carbocycles. The molecule has 2 N–H and O–H groups in total. The second kappa shape index (κ2) is 6.06. The fourth-order valence-corrected chi connectivity index (χ4v) is 2.07. The van der Waals surface area contributed by atoms with Gasteiger partial charge in [-0.15, -0.1) is 0 Å². The summed E-state index contributed by atoms with van der Waals surface area (Å²) in [5.74, 6) is 2.09. The van der Waals surface area contributed by atoms with E-state index in [4.69, 9.17) is 26.8 Å². The zero-order valence-corrected chi connectivity index (χ0v) is 12.6. The summed E-state index contributed by atoms with van der Waals surface area (Å²) in [5.41, 5.74) is 7.44. The van der Waals surface area contributed by atoms with Crippen LogP contribution in [0.15, 0.2) is 36.4 Å².